The first kappa shape index (κ1) is 16.1. The number of nitrogens with one attached hydrogen (secondary N) is 1. The molecule has 17 heavy (non-hydrogen) atoms. The van der Waals surface area contributed by atoms with Crippen LogP contribution in [0.15, 0.2) is 24.0 Å². The van der Waals surface area contributed by atoms with Crippen LogP contribution in [0.3, 0.4) is 0 Å². The molecule has 1 aliphatic heterocycles. The molecule has 100 valence electrons. The Morgan fingerprint density at radius 2 is 1.88 bits per heavy atom. The fraction of sp³-hybridized carbons (Fsp3) is 0.556. The van der Waals surface area contributed by atoms with Gasteiger partial charge in [-0.05, 0) is 12.5 Å². The van der Waals surface area contributed by atoms with Crippen molar-refractivity contribution < 1.29 is 31.0 Å². The summed E-state index contributed by atoms with van der Waals surface area (Å²) in [5, 5.41) is 0. The van der Waals surface area contributed by atoms with Gasteiger partial charge in [-0.3, -0.25) is 4.90 Å². The van der Waals surface area contributed by atoms with Gasteiger partial charge in [0.2, 0.25) is 0 Å². The van der Waals surface area contributed by atoms with E-state index < -0.39 is 15.6 Å². The zero-order chi connectivity index (χ0) is 13.7. The van der Waals surface area contributed by atoms with Crippen LogP contribution < -0.4 is 4.90 Å². The molecule has 1 unspecified atom stereocenters. The topological polar surface area (TPSA) is 61.6 Å². The minimum Gasteiger partial charge on any atom is -0.741 e. The second-order valence-corrected chi connectivity index (χ2v) is 4.76. The van der Waals surface area contributed by atoms with E-state index in [9.17, 15) is 13.2 Å². The van der Waals surface area contributed by atoms with Crippen LogP contribution in [0.2, 0.25) is 0 Å². The maximum Gasteiger partial charge on any atom is 0.485 e. The summed E-state index contributed by atoms with van der Waals surface area (Å²) in [5.74, 6) is 0. The van der Waals surface area contributed by atoms with Crippen LogP contribution in [-0.4, -0.2) is 25.5 Å². The van der Waals surface area contributed by atoms with Gasteiger partial charge in [-0.2, -0.15) is 13.2 Å². The summed E-state index contributed by atoms with van der Waals surface area (Å²) in [6.07, 6.45) is 8.99. The molecule has 0 aromatic carbocycles. The third kappa shape index (κ3) is 5.85. The number of hydrogen-bond donors (Lipinski definition) is 1. The first-order valence-electron chi connectivity index (χ1n) is 4.83. The summed E-state index contributed by atoms with van der Waals surface area (Å²) in [7, 11) is -3.92. The highest BCUT2D eigenvalue weighted by atomic mass is 32.2. The SMILES string of the molecule is CCCC1=CC=C[NH+]1C.O=S(=O)([O-])C(F)(F)F. The highest BCUT2D eigenvalue weighted by Gasteiger charge is 2.36. The molecule has 1 aliphatic rings. The van der Waals surface area contributed by atoms with Gasteiger partial charge in [0.25, 0.3) is 0 Å². The van der Waals surface area contributed by atoms with Crippen molar-refractivity contribution in [2.75, 3.05) is 7.05 Å². The average molecular weight is 273 g/mol. The lowest BCUT2D eigenvalue weighted by molar-refractivity contribution is -0.780. The molecule has 0 aromatic heterocycles. The highest BCUT2D eigenvalue weighted by molar-refractivity contribution is 7.86. The average Bonchev–Trinajstić information content (AvgIpc) is 2.50. The Kier molecular flexibility index (Phi) is 5.86. The first-order chi connectivity index (χ1) is 7.59. The van der Waals surface area contributed by atoms with Crippen LogP contribution in [0, 0.1) is 0 Å². The molecule has 8 heteroatoms. The van der Waals surface area contributed by atoms with Crippen LogP contribution in [0.5, 0.6) is 0 Å². The first-order valence-corrected chi connectivity index (χ1v) is 6.23. The summed E-state index contributed by atoms with van der Waals surface area (Å²) < 4.78 is 58.9. The molecule has 1 rings (SSSR count). The number of hydrogen-bond acceptors (Lipinski definition) is 3. The van der Waals surface area contributed by atoms with E-state index in [-0.39, 0.29) is 0 Å². The lowest BCUT2D eigenvalue weighted by Gasteiger charge is -2.08. The number of halogens is 3. The summed E-state index contributed by atoms with van der Waals surface area (Å²) >= 11 is 0. The Bertz CT molecular complexity index is 398. The van der Waals surface area contributed by atoms with Gasteiger partial charge in [-0.1, -0.05) is 6.92 Å². The highest BCUT2D eigenvalue weighted by Crippen LogP contribution is 2.20. The Balaban J connectivity index is 0.000000304. The number of alkyl halides is 3. The van der Waals surface area contributed by atoms with Crippen LogP contribution in [0.25, 0.3) is 0 Å². The normalized spacial score (nSPS) is 19.6. The second kappa shape index (κ2) is 6.18. The maximum atomic E-state index is 10.7. The molecule has 0 radical (unpaired) electrons. The van der Waals surface area contributed by atoms with Gasteiger partial charge in [0, 0.05) is 12.5 Å². The number of rotatable bonds is 2. The van der Waals surface area contributed by atoms with Crippen molar-refractivity contribution in [2.45, 2.75) is 25.3 Å². The van der Waals surface area contributed by atoms with Gasteiger partial charge in [-0.25, -0.2) is 8.42 Å². The van der Waals surface area contributed by atoms with Crippen LogP contribution in [0.4, 0.5) is 13.2 Å². The summed E-state index contributed by atoms with van der Waals surface area (Å²) in [5.41, 5.74) is -4.13. The molecule has 0 spiro atoms. The minimum atomic E-state index is -6.09. The van der Waals surface area contributed by atoms with Gasteiger partial charge < -0.3 is 4.55 Å². The Morgan fingerprint density at radius 1 is 1.41 bits per heavy atom. The Labute approximate surface area is 98.2 Å². The van der Waals surface area contributed by atoms with Crippen molar-refractivity contribution in [3.8, 4) is 0 Å². The van der Waals surface area contributed by atoms with Gasteiger partial charge in [0.15, 0.2) is 10.1 Å². The van der Waals surface area contributed by atoms with Gasteiger partial charge in [0.1, 0.15) is 5.70 Å². The number of allylic oxidation sites excluding steroid dienone is 3. The van der Waals surface area contributed by atoms with Crippen molar-refractivity contribution in [3.05, 3.63) is 24.0 Å². The zero-order valence-corrected chi connectivity index (χ0v) is 10.2. The zero-order valence-electron chi connectivity index (χ0n) is 9.41. The lowest BCUT2D eigenvalue weighted by atomic mass is 10.2. The maximum absolute atomic E-state index is 10.7. The Morgan fingerprint density at radius 3 is 2.12 bits per heavy atom. The molecule has 0 aromatic rings. The van der Waals surface area contributed by atoms with E-state index in [1.807, 2.05) is 0 Å². The van der Waals surface area contributed by atoms with Crippen LogP contribution >= 0.6 is 0 Å². The van der Waals surface area contributed by atoms with E-state index in [2.05, 4.69) is 32.3 Å². The van der Waals surface area contributed by atoms with Gasteiger partial charge in [0.05, 0.1) is 13.2 Å². The monoisotopic (exact) mass is 273 g/mol. The second-order valence-electron chi connectivity index (χ2n) is 3.38. The molecular formula is C9H14F3NO3S. The largest absolute Gasteiger partial charge is 0.741 e. The van der Waals surface area contributed by atoms with E-state index in [0.717, 1.165) is 0 Å². The standard InChI is InChI=1S/C8H13N.CHF3O3S/c1-3-5-8-6-4-7-9(8)2;2-1(3,4)8(5,6)7/h4,6-7H,3,5H2,1-2H3;(H,5,6,7). The molecule has 4 nitrogen and oxygen atoms in total. The lowest BCUT2D eigenvalue weighted by Crippen LogP contribution is -3.01. The van der Waals surface area contributed by atoms with Gasteiger partial charge >= 0.3 is 5.51 Å². The molecule has 0 amide bonds. The fourth-order valence-corrected chi connectivity index (χ4v) is 1.10. The van der Waals surface area contributed by atoms with Crippen molar-refractivity contribution in [2.24, 2.45) is 0 Å². The molecule has 0 fully saturated rings. The molecule has 1 heterocycles. The van der Waals surface area contributed by atoms with Crippen LogP contribution in [0.1, 0.15) is 19.8 Å². The van der Waals surface area contributed by atoms with Crippen LogP contribution in [-0.2, 0) is 10.1 Å². The summed E-state index contributed by atoms with van der Waals surface area (Å²) in [6, 6.07) is 0. The fourth-order valence-electron chi connectivity index (χ4n) is 1.10. The van der Waals surface area contributed by atoms with Crippen molar-refractivity contribution >= 4 is 10.1 Å². The third-order valence-electron chi connectivity index (χ3n) is 1.95. The number of quaternary nitrogens is 1. The van der Waals surface area contributed by atoms with E-state index in [4.69, 9.17) is 13.0 Å². The summed E-state index contributed by atoms with van der Waals surface area (Å²) in [4.78, 5) is 1.44. The summed E-state index contributed by atoms with van der Waals surface area (Å²) in [6.45, 7) is 2.21. The molecule has 1 atom stereocenters. The van der Waals surface area contributed by atoms with Crippen molar-refractivity contribution in [3.63, 3.8) is 0 Å². The van der Waals surface area contributed by atoms with E-state index in [1.165, 1.54) is 23.4 Å². The predicted molar refractivity (Wildman–Crippen MR) is 54.8 cm³/mol. The molecule has 0 aliphatic carbocycles. The minimum absolute atomic E-state index is 1.23. The van der Waals surface area contributed by atoms with E-state index >= 15 is 0 Å². The quantitative estimate of drug-likeness (QED) is 0.597. The molecular weight excluding hydrogens is 259 g/mol. The molecule has 0 saturated heterocycles. The van der Waals surface area contributed by atoms with E-state index in [1.54, 1.807) is 0 Å². The smallest absolute Gasteiger partial charge is 0.485 e. The van der Waals surface area contributed by atoms with Gasteiger partial charge in [-0.15, -0.1) is 0 Å². The van der Waals surface area contributed by atoms with E-state index in [0.29, 0.717) is 0 Å². The molecule has 1 N–H and O–H groups in total. The predicted octanol–water partition coefficient (Wildman–Crippen LogP) is 0.764. The third-order valence-corrected chi connectivity index (χ3v) is 2.52. The molecule has 0 saturated carbocycles. The van der Waals surface area contributed by atoms with Crippen molar-refractivity contribution in [1.29, 1.82) is 0 Å². The Hall–Kier alpha value is -0.860. The molecule has 0 bridgehead atoms. The van der Waals surface area contributed by atoms with Crippen molar-refractivity contribution in [1.82, 2.24) is 0 Å².